The Morgan fingerprint density at radius 1 is 1.14 bits per heavy atom. The highest BCUT2D eigenvalue weighted by Crippen LogP contribution is 2.33. The molecule has 5 rings (SSSR count). The Labute approximate surface area is 211 Å². The van der Waals surface area contributed by atoms with Gasteiger partial charge in [0.05, 0.1) is 18.2 Å². The van der Waals surface area contributed by atoms with Crippen molar-refractivity contribution in [3.8, 4) is 0 Å². The molecule has 2 atom stereocenters. The van der Waals surface area contributed by atoms with Crippen LogP contribution in [0, 0.1) is 5.92 Å². The number of nitrogens with zero attached hydrogens (tertiary/aromatic N) is 4. The highest BCUT2D eigenvalue weighted by atomic mass is 19.4. The smallest absolute Gasteiger partial charge is 0.384 e. The first kappa shape index (κ1) is 24.8. The second-order valence-corrected chi connectivity index (χ2v) is 9.82. The van der Waals surface area contributed by atoms with Gasteiger partial charge in [-0.3, -0.25) is 14.3 Å². The fourth-order valence-corrected chi connectivity index (χ4v) is 5.03. The third-order valence-corrected chi connectivity index (χ3v) is 6.81. The third kappa shape index (κ3) is 5.30. The van der Waals surface area contributed by atoms with E-state index in [2.05, 4.69) is 15.4 Å². The van der Waals surface area contributed by atoms with Gasteiger partial charge in [-0.15, -0.1) is 0 Å². The molecule has 11 heteroatoms. The molecule has 2 aromatic heterocycles. The van der Waals surface area contributed by atoms with Crippen molar-refractivity contribution in [2.75, 3.05) is 12.3 Å². The van der Waals surface area contributed by atoms with Gasteiger partial charge in [0.15, 0.2) is 5.69 Å². The van der Waals surface area contributed by atoms with Crippen molar-refractivity contribution in [3.63, 3.8) is 0 Å². The number of halogens is 3. The standard InChI is InChI=1S/C26H27F3N6O2/c1-15-10-23(36)34(11-15)12-16-2-4-17(5-3-16)13-35-14-19(24(33-35)26(27,28)29)25(37)32-21-8-7-20-18(21)6-9-22(30)31-20/h2-6,9,14-15,21H,7-8,10-13H2,1H3,(H2,30,31)(H,32,37)/t15-,21-/m1/s1. The van der Waals surface area contributed by atoms with Crippen molar-refractivity contribution >= 4 is 17.6 Å². The molecule has 0 radical (unpaired) electrons. The summed E-state index contributed by atoms with van der Waals surface area (Å²) in [4.78, 5) is 31.0. The summed E-state index contributed by atoms with van der Waals surface area (Å²) < 4.78 is 42.4. The first-order valence-electron chi connectivity index (χ1n) is 12.1. The highest BCUT2D eigenvalue weighted by Gasteiger charge is 2.40. The Bertz CT molecular complexity index is 1340. The number of alkyl halides is 3. The molecule has 2 amide bonds. The van der Waals surface area contributed by atoms with E-state index in [1.807, 2.05) is 19.1 Å². The van der Waals surface area contributed by atoms with Crippen LogP contribution in [0.3, 0.4) is 0 Å². The van der Waals surface area contributed by atoms with E-state index in [0.717, 1.165) is 39.8 Å². The van der Waals surface area contributed by atoms with Crippen molar-refractivity contribution in [1.82, 2.24) is 25.0 Å². The average molecular weight is 513 g/mol. The van der Waals surface area contributed by atoms with Gasteiger partial charge >= 0.3 is 6.18 Å². The number of nitrogens with two attached hydrogens (primary N) is 1. The normalized spacial score (nSPS) is 19.4. The number of fused-ring (bicyclic) bond motifs is 1. The number of pyridine rings is 1. The van der Waals surface area contributed by atoms with Crippen LogP contribution in [0.4, 0.5) is 19.0 Å². The van der Waals surface area contributed by atoms with E-state index in [4.69, 9.17) is 5.73 Å². The van der Waals surface area contributed by atoms with Gasteiger partial charge in [-0.05, 0) is 41.5 Å². The molecule has 0 saturated carbocycles. The van der Waals surface area contributed by atoms with Crippen LogP contribution >= 0.6 is 0 Å². The lowest BCUT2D eigenvalue weighted by atomic mass is 10.1. The second-order valence-electron chi connectivity index (χ2n) is 9.82. The third-order valence-electron chi connectivity index (χ3n) is 6.81. The largest absolute Gasteiger partial charge is 0.435 e. The van der Waals surface area contributed by atoms with Gasteiger partial charge in [-0.1, -0.05) is 37.3 Å². The van der Waals surface area contributed by atoms with E-state index >= 15 is 0 Å². The maximum atomic E-state index is 13.8. The van der Waals surface area contributed by atoms with Gasteiger partial charge in [0.25, 0.3) is 5.91 Å². The molecule has 8 nitrogen and oxygen atoms in total. The zero-order chi connectivity index (χ0) is 26.3. The maximum absolute atomic E-state index is 13.8. The molecule has 0 unspecified atom stereocenters. The predicted octanol–water partition coefficient (Wildman–Crippen LogP) is 3.71. The van der Waals surface area contributed by atoms with Crippen molar-refractivity contribution in [2.45, 2.75) is 51.5 Å². The number of hydrogen-bond donors (Lipinski definition) is 2. The number of aromatic nitrogens is 3. The first-order valence-corrected chi connectivity index (χ1v) is 12.1. The molecule has 1 saturated heterocycles. The fraction of sp³-hybridized carbons (Fsp3) is 0.385. The summed E-state index contributed by atoms with van der Waals surface area (Å²) in [7, 11) is 0. The lowest BCUT2D eigenvalue weighted by molar-refractivity contribution is -0.141. The Hall–Kier alpha value is -3.89. The first-order chi connectivity index (χ1) is 17.6. The fourth-order valence-electron chi connectivity index (χ4n) is 5.03. The topological polar surface area (TPSA) is 106 Å². The number of anilines is 1. The van der Waals surface area contributed by atoms with Gasteiger partial charge in [0.2, 0.25) is 5.91 Å². The molecule has 3 N–H and O–H groups in total. The molecule has 194 valence electrons. The summed E-state index contributed by atoms with van der Waals surface area (Å²) in [6.07, 6.45) is -2.00. The molecule has 3 heterocycles. The zero-order valence-corrected chi connectivity index (χ0v) is 20.3. The second kappa shape index (κ2) is 9.53. The minimum Gasteiger partial charge on any atom is -0.384 e. The Balaban J connectivity index is 1.30. The number of benzene rings is 1. The highest BCUT2D eigenvalue weighted by molar-refractivity contribution is 5.95. The SMILES string of the molecule is C[C@@H]1CC(=O)N(Cc2ccc(Cn3cc(C(=O)N[C@@H]4CCc5nc(N)ccc54)c(C(F)(F)F)n3)cc2)C1. The van der Waals surface area contributed by atoms with Gasteiger partial charge in [0.1, 0.15) is 5.82 Å². The quantitative estimate of drug-likeness (QED) is 0.524. The Morgan fingerprint density at radius 3 is 2.49 bits per heavy atom. The molecule has 1 fully saturated rings. The molecule has 1 aromatic carbocycles. The zero-order valence-electron chi connectivity index (χ0n) is 20.3. The summed E-state index contributed by atoms with van der Waals surface area (Å²) in [5.74, 6) is -0.0218. The molecule has 3 aromatic rings. The van der Waals surface area contributed by atoms with E-state index in [0.29, 0.717) is 37.5 Å². The van der Waals surface area contributed by atoms with Crippen molar-refractivity contribution in [3.05, 3.63) is 76.2 Å². The Kier molecular flexibility index (Phi) is 6.38. The van der Waals surface area contributed by atoms with Gasteiger partial charge in [0, 0.05) is 31.4 Å². The van der Waals surface area contributed by atoms with Crippen molar-refractivity contribution in [2.24, 2.45) is 5.92 Å². The van der Waals surface area contributed by atoms with Crippen molar-refractivity contribution in [1.29, 1.82) is 0 Å². The number of rotatable bonds is 6. The monoisotopic (exact) mass is 512 g/mol. The molecule has 1 aliphatic heterocycles. The van der Waals surface area contributed by atoms with Crippen LogP contribution in [0.2, 0.25) is 0 Å². The van der Waals surface area contributed by atoms with E-state index in [1.54, 1.807) is 29.2 Å². The maximum Gasteiger partial charge on any atom is 0.435 e. The van der Waals surface area contributed by atoms with Crippen LogP contribution in [0.5, 0.6) is 0 Å². The van der Waals surface area contributed by atoms with E-state index in [1.165, 1.54) is 0 Å². The summed E-state index contributed by atoms with van der Waals surface area (Å²) in [5.41, 5.74) is 7.12. The number of amides is 2. The summed E-state index contributed by atoms with van der Waals surface area (Å²) >= 11 is 0. The van der Waals surface area contributed by atoms with Gasteiger partial charge in [-0.2, -0.15) is 18.3 Å². The summed E-state index contributed by atoms with van der Waals surface area (Å²) in [5, 5.41) is 6.40. The van der Waals surface area contributed by atoms with Gasteiger partial charge in [-0.25, -0.2) is 4.98 Å². The number of aryl methyl sites for hydroxylation is 1. The number of nitrogen functional groups attached to an aromatic ring is 1. The van der Waals surface area contributed by atoms with Crippen LogP contribution in [0.15, 0.2) is 42.6 Å². The summed E-state index contributed by atoms with van der Waals surface area (Å²) in [6.45, 7) is 3.32. The van der Waals surface area contributed by atoms with Crippen LogP contribution < -0.4 is 11.1 Å². The minimum absolute atomic E-state index is 0.0613. The van der Waals surface area contributed by atoms with Crippen LogP contribution in [-0.4, -0.2) is 38.0 Å². The predicted molar refractivity (Wildman–Crippen MR) is 129 cm³/mol. The minimum atomic E-state index is -4.79. The molecular formula is C26H27F3N6O2. The molecule has 2 aliphatic rings. The van der Waals surface area contributed by atoms with Crippen LogP contribution in [-0.2, 0) is 30.5 Å². The molecule has 37 heavy (non-hydrogen) atoms. The molecular weight excluding hydrogens is 485 g/mol. The van der Waals surface area contributed by atoms with E-state index in [9.17, 15) is 22.8 Å². The van der Waals surface area contributed by atoms with Gasteiger partial charge < -0.3 is 16.0 Å². The van der Waals surface area contributed by atoms with Crippen molar-refractivity contribution < 1.29 is 22.8 Å². The lowest BCUT2D eigenvalue weighted by Gasteiger charge is -2.16. The average Bonchev–Trinajstić information content (AvgIpc) is 3.52. The molecule has 1 aliphatic carbocycles. The number of hydrogen-bond acceptors (Lipinski definition) is 5. The molecule has 0 bridgehead atoms. The Morgan fingerprint density at radius 2 is 1.84 bits per heavy atom. The van der Waals surface area contributed by atoms with E-state index in [-0.39, 0.29) is 12.5 Å². The number of likely N-dealkylation sites (tertiary alicyclic amines) is 1. The number of carbonyl (C=O) groups excluding carboxylic acids is 2. The van der Waals surface area contributed by atoms with Crippen LogP contribution in [0.25, 0.3) is 0 Å². The van der Waals surface area contributed by atoms with E-state index < -0.39 is 29.4 Å². The number of nitrogens with one attached hydrogen (secondary N) is 1. The van der Waals surface area contributed by atoms with Crippen LogP contribution in [0.1, 0.15) is 64.2 Å². The molecule has 0 spiro atoms. The summed E-state index contributed by atoms with van der Waals surface area (Å²) in [6, 6.07) is 10.2. The lowest BCUT2D eigenvalue weighted by Crippen LogP contribution is -2.28. The number of carbonyl (C=O) groups is 2.